The maximum absolute atomic E-state index is 12.4. The molecule has 2 amide bonds. The lowest BCUT2D eigenvalue weighted by molar-refractivity contribution is -0.128. The van der Waals surface area contributed by atoms with Gasteiger partial charge < -0.3 is 15.5 Å². The number of rotatable bonds is 6. The van der Waals surface area contributed by atoms with Crippen LogP contribution in [0.15, 0.2) is 24.3 Å². The lowest BCUT2D eigenvalue weighted by Crippen LogP contribution is -2.38. The Bertz CT molecular complexity index is 546. The zero-order valence-electron chi connectivity index (χ0n) is 15.0. The molecule has 1 aliphatic carbocycles. The predicted octanol–water partition coefficient (Wildman–Crippen LogP) is 2.42. The molecular formula is C19H29N3O2. The van der Waals surface area contributed by atoms with Crippen molar-refractivity contribution in [2.24, 2.45) is 11.8 Å². The number of amides is 2. The topological polar surface area (TPSA) is 61.4 Å². The molecule has 0 atom stereocenters. The minimum Gasteiger partial charge on any atom is -0.355 e. The monoisotopic (exact) mass is 331 g/mol. The van der Waals surface area contributed by atoms with Crippen molar-refractivity contribution < 1.29 is 9.59 Å². The number of anilines is 1. The molecule has 24 heavy (non-hydrogen) atoms. The van der Waals surface area contributed by atoms with Gasteiger partial charge in [0, 0.05) is 30.6 Å². The second-order valence-electron chi connectivity index (χ2n) is 7.00. The first kappa shape index (κ1) is 18.5. The van der Waals surface area contributed by atoms with Crippen LogP contribution in [0, 0.1) is 18.8 Å². The zero-order chi connectivity index (χ0) is 17.5. The van der Waals surface area contributed by atoms with E-state index < -0.39 is 0 Å². The molecule has 1 aromatic carbocycles. The van der Waals surface area contributed by atoms with E-state index >= 15 is 0 Å². The van der Waals surface area contributed by atoms with Crippen LogP contribution in [-0.2, 0) is 9.59 Å². The zero-order valence-corrected chi connectivity index (χ0v) is 15.0. The summed E-state index contributed by atoms with van der Waals surface area (Å²) >= 11 is 0. The van der Waals surface area contributed by atoms with Gasteiger partial charge in [0.1, 0.15) is 0 Å². The van der Waals surface area contributed by atoms with Gasteiger partial charge in [0.2, 0.25) is 11.8 Å². The molecule has 0 spiro atoms. The molecule has 1 fully saturated rings. The minimum absolute atomic E-state index is 0.0112. The number of carbonyl (C=O) groups is 2. The van der Waals surface area contributed by atoms with Crippen molar-refractivity contribution in [1.82, 2.24) is 10.2 Å². The molecule has 2 rings (SSSR count). The van der Waals surface area contributed by atoms with Crippen molar-refractivity contribution >= 4 is 17.5 Å². The SMILES string of the molecule is Cc1ccc(NC(=O)C2CCC(C(=O)NCCN(C)C)CC2)cc1. The highest BCUT2D eigenvalue weighted by Crippen LogP contribution is 2.29. The van der Waals surface area contributed by atoms with Gasteiger partial charge >= 0.3 is 0 Å². The molecule has 1 saturated carbocycles. The second-order valence-corrected chi connectivity index (χ2v) is 7.00. The molecular weight excluding hydrogens is 302 g/mol. The largest absolute Gasteiger partial charge is 0.355 e. The van der Waals surface area contributed by atoms with Crippen molar-refractivity contribution in [3.63, 3.8) is 0 Å². The van der Waals surface area contributed by atoms with Gasteiger partial charge in [0.15, 0.2) is 0 Å². The summed E-state index contributed by atoms with van der Waals surface area (Å²) < 4.78 is 0. The number of benzene rings is 1. The highest BCUT2D eigenvalue weighted by atomic mass is 16.2. The summed E-state index contributed by atoms with van der Waals surface area (Å²) in [4.78, 5) is 26.6. The summed E-state index contributed by atoms with van der Waals surface area (Å²) in [7, 11) is 3.98. The molecule has 0 saturated heterocycles. The quantitative estimate of drug-likeness (QED) is 0.841. The van der Waals surface area contributed by atoms with Crippen molar-refractivity contribution in [2.75, 3.05) is 32.5 Å². The molecule has 1 aromatic rings. The second kappa shape index (κ2) is 8.83. The van der Waals surface area contributed by atoms with E-state index in [-0.39, 0.29) is 23.7 Å². The van der Waals surface area contributed by atoms with Crippen LogP contribution in [0.3, 0.4) is 0 Å². The Hall–Kier alpha value is -1.88. The molecule has 0 bridgehead atoms. The van der Waals surface area contributed by atoms with Crippen LogP contribution in [0.1, 0.15) is 31.2 Å². The predicted molar refractivity (Wildman–Crippen MR) is 96.8 cm³/mol. The molecule has 0 aromatic heterocycles. The molecule has 5 heteroatoms. The average molecular weight is 331 g/mol. The molecule has 0 aliphatic heterocycles. The molecule has 1 aliphatic rings. The first-order valence-corrected chi connectivity index (χ1v) is 8.75. The van der Waals surface area contributed by atoms with E-state index in [1.807, 2.05) is 50.2 Å². The molecule has 2 N–H and O–H groups in total. The van der Waals surface area contributed by atoms with E-state index in [1.54, 1.807) is 0 Å². The van der Waals surface area contributed by atoms with Crippen molar-refractivity contribution in [2.45, 2.75) is 32.6 Å². The van der Waals surface area contributed by atoms with E-state index in [0.29, 0.717) is 6.54 Å². The summed E-state index contributed by atoms with van der Waals surface area (Å²) in [6.45, 7) is 3.55. The highest BCUT2D eigenvalue weighted by molar-refractivity contribution is 5.92. The lowest BCUT2D eigenvalue weighted by atomic mass is 9.81. The standard InChI is InChI=1S/C19H29N3O2/c1-14-4-10-17(11-5-14)21-19(24)16-8-6-15(7-9-16)18(23)20-12-13-22(2)3/h4-5,10-11,15-16H,6-9,12-13H2,1-3H3,(H,20,23)(H,21,24). The van der Waals surface area contributed by atoms with Gasteiger partial charge in [-0.1, -0.05) is 17.7 Å². The number of hydrogen-bond donors (Lipinski definition) is 2. The number of likely N-dealkylation sites (N-methyl/N-ethyl adjacent to an activating group) is 1. The van der Waals surface area contributed by atoms with E-state index in [9.17, 15) is 9.59 Å². The number of nitrogens with zero attached hydrogens (tertiary/aromatic N) is 1. The van der Waals surface area contributed by atoms with Gasteiger partial charge in [-0.25, -0.2) is 0 Å². The van der Waals surface area contributed by atoms with Gasteiger partial charge in [0.05, 0.1) is 0 Å². The van der Waals surface area contributed by atoms with Crippen LogP contribution in [0.5, 0.6) is 0 Å². The maximum Gasteiger partial charge on any atom is 0.227 e. The number of aryl methyl sites for hydroxylation is 1. The molecule has 0 radical (unpaired) electrons. The van der Waals surface area contributed by atoms with Crippen LogP contribution in [0.4, 0.5) is 5.69 Å². The Labute approximate surface area is 144 Å². The molecule has 5 nitrogen and oxygen atoms in total. The third-order valence-corrected chi connectivity index (χ3v) is 4.65. The van der Waals surface area contributed by atoms with Gasteiger partial charge in [0.25, 0.3) is 0 Å². The van der Waals surface area contributed by atoms with Gasteiger partial charge in [-0.15, -0.1) is 0 Å². The van der Waals surface area contributed by atoms with E-state index in [2.05, 4.69) is 10.6 Å². The summed E-state index contributed by atoms with van der Waals surface area (Å²) in [5.41, 5.74) is 2.02. The Morgan fingerprint density at radius 1 is 1.00 bits per heavy atom. The fraction of sp³-hybridized carbons (Fsp3) is 0.579. The average Bonchev–Trinajstić information content (AvgIpc) is 2.56. The molecule has 132 valence electrons. The summed E-state index contributed by atoms with van der Waals surface area (Å²) in [5.74, 6) is 0.271. The first-order chi connectivity index (χ1) is 11.5. The fourth-order valence-electron chi connectivity index (χ4n) is 3.05. The fourth-order valence-corrected chi connectivity index (χ4v) is 3.05. The number of carbonyl (C=O) groups excluding carboxylic acids is 2. The molecule has 0 unspecified atom stereocenters. The van der Waals surface area contributed by atoms with Crippen molar-refractivity contribution in [3.05, 3.63) is 29.8 Å². The van der Waals surface area contributed by atoms with E-state index in [4.69, 9.17) is 0 Å². The third-order valence-electron chi connectivity index (χ3n) is 4.65. The van der Waals surface area contributed by atoms with Crippen LogP contribution in [0.2, 0.25) is 0 Å². The number of nitrogens with one attached hydrogen (secondary N) is 2. The third kappa shape index (κ3) is 5.64. The van der Waals surface area contributed by atoms with E-state index in [1.165, 1.54) is 5.56 Å². The van der Waals surface area contributed by atoms with Crippen LogP contribution >= 0.6 is 0 Å². The smallest absolute Gasteiger partial charge is 0.227 e. The Balaban J connectivity index is 1.74. The van der Waals surface area contributed by atoms with Gasteiger partial charge in [-0.2, -0.15) is 0 Å². The lowest BCUT2D eigenvalue weighted by Gasteiger charge is -2.27. The van der Waals surface area contributed by atoms with Crippen LogP contribution in [0.25, 0.3) is 0 Å². The maximum atomic E-state index is 12.4. The Morgan fingerprint density at radius 2 is 1.54 bits per heavy atom. The summed E-state index contributed by atoms with van der Waals surface area (Å²) in [5, 5.41) is 5.98. The van der Waals surface area contributed by atoms with E-state index in [0.717, 1.165) is 37.9 Å². The highest BCUT2D eigenvalue weighted by Gasteiger charge is 2.29. The van der Waals surface area contributed by atoms with Crippen molar-refractivity contribution in [1.29, 1.82) is 0 Å². The Kier molecular flexibility index (Phi) is 6.79. The normalized spacial score (nSPS) is 20.7. The summed E-state index contributed by atoms with van der Waals surface area (Å²) in [6, 6.07) is 7.84. The number of hydrogen-bond acceptors (Lipinski definition) is 3. The summed E-state index contributed by atoms with van der Waals surface area (Å²) in [6.07, 6.45) is 3.15. The molecule has 0 heterocycles. The van der Waals surface area contributed by atoms with Crippen LogP contribution < -0.4 is 10.6 Å². The van der Waals surface area contributed by atoms with Crippen LogP contribution in [-0.4, -0.2) is 43.9 Å². The first-order valence-electron chi connectivity index (χ1n) is 8.75. The minimum atomic E-state index is 0.0112. The van der Waals surface area contributed by atoms with Gasteiger partial charge in [-0.3, -0.25) is 9.59 Å². The van der Waals surface area contributed by atoms with Crippen molar-refractivity contribution in [3.8, 4) is 0 Å². The Morgan fingerprint density at radius 3 is 2.08 bits per heavy atom. The van der Waals surface area contributed by atoms with Gasteiger partial charge in [-0.05, 0) is 58.8 Å².